The lowest BCUT2D eigenvalue weighted by Gasteiger charge is -2.18. The summed E-state index contributed by atoms with van der Waals surface area (Å²) in [6.07, 6.45) is 0. The second-order valence-corrected chi connectivity index (χ2v) is 6.18. The van der Waals surface area contributed by atoms with Crippen LogP contribution in [0.5, 0.6) is 5.75 Å². The molecule has 0 bridgehead atoms. The maximum absolute atomic E-state index is 12.5. The second-order valence-electron chi connectivity index (χ2n) is 6.18. The molecule has 8 nitrogen and oxygen atoms in total. The summed E-state index contributed by atoms with van der Waals surface area (Å²) < 4.78 is 10.0. The fourth-order valence-corrected chi connectivity index (χ4v) is 2.52. The van der Waals surface area contributed by atoms with Gasteiger partial charge in [-0.05, 0) is 42.5 Å². The van der Waals surface area contributed by atoms with Crippen molar-refractivity contribution in [3.05, 3.63) is 48.0 Å². The Kier molecular flexibility index (Phi) is 7.65. The van der Waals surface area contributed by atoms with Gasteiger partial charge in [-0.25, -0.2) is 4.79 Å². The summed E-state index contributed by atoms with van der Waals surface area (Å²) in [7, 11) is 6.86. The average molecular weight is 386 g/mol. The van der Waals surface area contributed by atoms with Crippen LogP contribution in [-0.4, -0.2) is 53.4 Å². The van der Waals surface area contributed by atoms with Gasteiger partial charge in [-0.3, -0.25) is 4.79 Å². The van der Waals surface area contributed by atoms with Crippen LogP contribution in [0.2, 0.25) is 0 Å². The molecule has 0 aliphatic heterocycles. The van der Waals surface area contributed by atoms with Crippen LogP contribution in [0.15, 0.2) is 42.5 Å². The molecular weight excluding hydrogens is 360 g/mol. The summed E-state index contributed by atoms with van der Waals surface area (Å²) in [6.45, 7) is 0.822. The first-order chi connectivity index (χ1) is 13.4. The molecule has 0 aliphatic rings. The van der Waals surface area contributed by atoms with Crippen LogP contribution in [0.4, 0.5) is 21.9 Å². The standard InChI is InChI=1S/C20H26N4O4/c1-24(2)18-10-7-15(13-17(18)19(25)21-11-12-27-3)23-20(26)22-14-5-8-16(28-4)9-6-14/h5-10,13H,11-12H2,1-4H3,(H,21,25)(H2,22,23,26). The van der Waals surface area contributed by atoms with Crippen molar-refractivity contribution in [2.75, 3.05) is 57.0 Å². The van der Waals surface area contributed by atoms with E-state index in [1.165, 1.54) is 0 Å². The number of ether oxygens (including phenoxy) is 2. The van der Waals surface area contributed by atoms with Crippen LogP contribution in [0.1, 0.15) is 10.4 Å². The summed E-state index contributed by atoms with van der Waals surface area (Å²) >= 11 is 0. The quantitative estimate of drug-likeness (QED) is 0.607. The number of benzene rings is 2. The zero-order valence-electron chi connectivity index (χ0n) is 16.5. The van der Waals surface area contributed by atoms with Crippen LogP contribution in [0.3, 0.4) is 0 Å². The molecule has 0 saturated carbocycles. The van der Waals surface area contributed by atoms with Gasteiger partial charge in [0.2, 0.25) is 0 Å². The predicted molar refractivity (Wildman–Crippen MR) is 111 cm³/mol. The number of anilines is 3. The molecule has 0 heterocycles. The zero-order valence-corrected chi connectivity index (χ0v) is 16.5. The van der Waals surface area contributed by atoms with Gasteiger partial charge in [-0.1, -0.05) is 0 Å². The molecule has 0 unspecified atom stereocenters. The SMILES string of the molecule is COCCNC(=O)c1cc(NC(=O)Nc2ccc(OC)cc2)ccc1N(C)C. The predicted octanol–water partition coefficient (Wildman–Crippen LogP) is 2.78. The first kappa shape index (κ1) is 21.0. The Labute approximate surface area is 164 Å². The van der Waals surface area contributed by atoms with E-state index in [-0.39, 0.29) is 5.91 Å². The molecule has 3 N–H and O–H groups in total. The third-order valence-corrected chi connectivity index (χ3v) is 3.92. The van der Waals surface area contributed by atoms with Crippen molar-refractivity contribution < 1.29 is 19.1 Å². The molecule has 3 amide bonds. The van der Waals surface area contributed by atoms with E-state index in [0.717, 1.165) is 5.69 Å². The van der Waals surface area contributed by atoms with Crippen molar-refractivity contribution in [2.24, 2.45) is 0 Å². The lowest BCUT2D eigenvalue weighted by atomic mass is 10.1. The van der Waals surface area contributed by atoms with E-state index in [4.69, 9.17) is 9.47 Å². The second kappa shape index (κ2) is 10.2. The van der Waals surface area contributed by atoms with E-state index in [1.54, 1.807) is 56.7 Å². The lowest BCUT2D eigenvalue weighted by Crippen LogP contribution is -2.29. The highest BCUT2D eigenvalue weighted by Gasteiger charge is 2.14. The van der Waals surface area contributed by atoms with E-state index < -0.39 is 6.03 Å². The van der Waals surface area contributed by atoms with Crippen LogP contribution >= 0.6 is 0 Å². The topological polar surface area (TPSA) is 91.9 Å². The van der Waals surface area contributed by atoms with Crippen molar-refractivity contribution in [1.29, 1.82) is 0 Å². The summed E-state index contributed by atoms with van der Waals surface area (Å²) in [5.41, 5.74) is 2.34. The molecule has 0 spiro atoms. The highest BCUT2D eigenvalue weighted by atomic mass is 16.5. The number of hydrogen-bond acceptors (Lipinski definition) is 5. The maximum atomic E-state index is 12.5. The van der Waals surface area contributed by atoms with Gasteiger partial charge < -0.3 is 30.3 Å². The van der Waals surface area contributed by atoms with Crippen molar-refractivity contribution in [3.63, 3.8) is 0 Å². The Balaban J connectivity index is 2.10. The molecule has 2 rings (SSSR count). The van der Waals surface area contributed by atoms with Crippen molar-refractivity contribution in [1.82, 2.24) is 5.32 Å². The Hall–Kier alpha value is -3.26. The van der Waals surface area contributed by atoms with Gasteiger partial charge >= 0.3 is 6.03 Å². The Bertz CT molecular complexity index is 806. The molecule has 0 fully saturated rings. The van der Waals surface area contributed by atoms with Gasteiger partial charge in [0, 0.05) is 44.8 Å². The summed E-state index contributed by atoms with van der Waals surface area (Å²) in [4.78, 5) is 26.6. The zero-order chi connectivity index (χ0) is 20.5. The van der Waals surface area contributed by atoms with Gasteiger partial charge in [0.15, 0.2) is 0 Å². The Morgan fingerprint density at radius 2 is 1.61 bits per heavy atom. The normalized spacial score (nSPS) is 10.1. The van der Waals surface area contributed by atoms with Gasteiger partial charge in [0.05, 0.1) is 19.3 Å². The fourth-order valence-electron chi connectivity index (χ4n) is 2.52. The smallest absolute Gasteiger partial charge is 0.323 e. The molecule has 2 aromatic carbocycles. The van der Waals surface area contributed by atoms with E-state index in [1.807, 2.05) is 19.0 Å². The van der Waals surface area contributed by atoms with E-state index in [2.05, 4.69) is 16.0 Å². The molecule has 8 heteroatoms. The molecule has 0 saturated heterocycles. The fraction of sp³-hybridized carbons (Fsp3) is 0.300. The number of carbonyl (C=O) groups is 2. The van der Waals surface area contributed by atoms with E-state index >= 15 is 0 Å². The van der Waals surface area contributed by atoms with E-state index in [0.29, 0.717) is 35.8 Å². The van der Waals surface area contributed by atoms with Crippen LogP contribution < -0.4 is 25.6 Å². The maximum Gasteiger partial charge on any atom is 0.323 e. The van der Waals surface area contributed by atoms with E-state index in [9.17, 15) is 9.59 Å². The third kappa shape index (κ3) is 5.88. The summed E-state index contributed by atoms with van der Waals surface area (Å²) in [5, 5.41) is 8.28. The number of nitrogens with one attached hydrogen (secondary N) is 3. The number of methoxy groups -OCH3 is 2. The van der Waals surface area contributed by atoms with Gasteiger partial charge in [0.1, 0.15) is 5.75 Å². The first-order valence-corrected chi connectivity index (χ1v) is 8.75. The minimum absolute atomic E-state index is 0.236. The number of amides is 3. The Morgan fingerprint density at radius 3 is 2.21 bits per heavy atom. The third-order valence-electron chi connectivity index (χ3n) is 3.92. The molecule has 0 atom stereocenters. The van der Waals surface area contributed by atoms with Crippen LogP contribution in [0, 0.1) is 0 Å². The number of carbonyl (C=O) groups excluding carboxylic acids is 2. The minimum atomic E-state index is -0.409. The number of hydrogen-bond donors (Lipinski definition) is 3. The first-order valence-electron chi connectivity index (χ1n) is 8.75. The minimum Gasteiger partial charge on any atom is -0.497 e. The van der Waals surface area contributed by atoms with Crippen molar-refractivity contribution in [3.8, 4) is 5.75 Å². The summed E-state index contributed by atoms with van der Waals surface area (Å²) in [6, 6.07) is 11.8. The highest BCUT2D eigenvalue weighted by molar-refractivity contribution is 6.03. The molecule has 150 valence electrons. The monoisotopic (exact) mass is 386 g/mol. The number of urea groups is 1. The highest BCUT2D eigenvalue weighted by Crippen LogP contribution is 2.23. The molecule has 28 heavy (non-hydrogen) atoms. The van der Waals surface area contributed by atoms with Gasteiger partial charge in [-0.2, -0.15) is 0 Å². The average Bonchev–Trinajstić information content (AvgIpc) is 2.68. The Morgan fingerprint density at radius 1 is 0.964 bits per heavy atom. The number of rotatable bonds is 8. The van der Waals surface area contributed by atoms with Crippen LogP contribution in [-0.2, 0) is 4.74 Å². The van der Waals surface area contributed by atoms with Crippen molar-refractivity contribution >= 4 is 29.0 Å². The van der Waals surface area contributed by atoms with Crippen molar-refractivity contribution in [2.45, 2.75) is 0 Å². The number of nitrogens with zero attached hydrogens (tertiary/aromatic N) is 1. The lowest BCUT2D eigenvalue weighted by molar-refractivity contribution is 0.0937. The summed E-state index contributed by atoms with van der Waals surface area (Å²) in [5.74, 6) is 0.467. The molecule has 0 aliphatic carbocycles. The molecule has 0 aromatic heterocycles. The molecule has 0 radical (unpaired) electrons. The molecular formula is C20H26N4O4. The van der Waals surface area contributed by atoms with Gasteiger partial charge in [0.25, 0.3) is 5.91 Å². The van der Waals surface area contributed by atoms with Gasteiger partial charge in [-0.15, -0.1) is 0 Å². The van der Waals surface area contributed by atoms with Crippen LogP contribution in [0.25, 0.3) is 0 Å². The molecule has 2 aromatic rings. The largest absolute Gasteiger partial charge is 0.497 e.